The van der Waals surface area contributed by atoms with Crippen LogP contribution in [0.4, 0.5) is 0 Å². The van der Waals surface area contributed by atoms with Crippen molar-refractivity contribution >= 4 is 0 Å². The van der Waals surface area contributed by atoms with Gasteiger partial charge in [0, 0.05) is 18.7 Å². The van der Waals surface area contributed by atoms with Gasteiger partial charge < -0.3 is 9.84 Å². The van der Waals surface area contributed by atoms with Gasteiger partial charge in [-0.15, -0.1) is 0 Å². The van der Waals surface area contributed by atoms with Crippen LogP contribution in [-0.4, -0.2) is 11.2 Å². The Balaban J connectivity index is 2.23. The molecule has 0 fully saturated rings. The van der Waals surface area contributed by atoms with Gasteiger partial charge in [-0.2, -0.15) is 0 Å². The molecule has 74 valence electrons. The minimum atomic E-state index is 0.613. The van der Waals surface area contributed by atoms with Crippen molar-refractivity contribution < 1.29 is 4.52 Å². The first-order valence-electron chi connectivity index (χ1n) is 4.99. The molecule has 0 saturated carbocycles. The SMILES string of the molecule is CCCC(CC)NCc1ccon1. The zero-order valence-corrected chi connectivity index (χ0v) is 8.42. The van der Waals surface area contributed by atoms with E-state index in [1.165, 1.54) is 19.3 Å². The van der Waals surface area contributed by atoms with Gasteiger partial charge in [-0.1, -0.05) is 25.4 Å². The van der Waals surface area contributed by atoms with E-state index in [1.807, 2.05) is 6.07 Å². The monoisotopic (exact) mass is 182 g/mol. The van der Waals surface area contributed by atoms with Crippen molar-refractivity contribution in [2.45, 2.75) is 45.7 Å². The molecule has 0 saturated heterocycles. The molecule has 1 rings (SSSR count). The van der Waals surface area contributed by atoms with E-state index in [9.17, 15) is 0 Å². The quantitative estimate of drug-likeness (QED) is 0.733. The fourth-order valence-electron chi connectivity index (χ4n) is 1.38. The van der Waals surface area contributed by atoms with Crippen molar-refractivity contribution in [2.75, 3.05) is 0 Å². The van der Waals surface area contributed by atoms with Crippen molar-refractivity contribution in [2.24, 2.45) is 0 Å². The molecular weight excluding hydrogens is 164 g/mol. The van der Waals surface area contributed by atoms with Crippen molar-refractivity contribution in [3.8, 4) is 0 Å². The molecule has 1 N–H and O–H groups in total. The third-order valence-corrected chi connectivity index (χ3v) is 2.19. The van der Waals surface area contributed by atoms with Crippen LogP contribution in [0.1, 0.15) is 38.8 Å². The molecule has 1 heterocycles. The first kappa shape index (κ1) is 10.3. The Hall–Kier alpha value is -0.830. The van der Waals surface area contributed by atoms with Crippen LogP contribution in [0.3, 0.4) is 0 Å². The third-order valence-electron chi connectivity index (χ3n) is 2.19. The van der Waals surface area contributed by atoms with Gasteiger partial charge in [0.25, 0.3) is 0 Å². The molecule has 0 radical (unpaired) electrons. The van der Waals surface area contributed by atoms with Crippen molar-refractivity contribution in [3.05, 3.63) is 18.0 Å². The Morgan fingerprint density at radius 1 is 1.54 bits per heavy atom. The van der Waals surface area contributed by atoms with Crippen LogP contribution in [0, 0.1) is 0 Å². The lowest BCUT2D eigenvalue weighted by molar-refractivity contribution is 0.399. The number of hydrogen-bond acceptors (Lipinski definition) is 3. The molecule has 3 nitrogen and oxygen atoms in total. The van der Waals surface area contributed by atoms with Crippen LogP contribution in [0.25, 0.3) is 0 Å². The topological polar surface area (TPSA) is 38.1 Å². The van der Waals surface area contributed by atoms with Gasteiger partial charge in [0.15, 0.2) is 0 Å². The molecule has 0 aliphatic rings. The molecule has 1 aromatic rings. The first-order chi connectivity index (χ1) is 6.36. The molecule has 0 amide bonds. The molecule has 1 atom stereocenters. The first-order valence-corrected chi connectivity index (χ1v) is 4.99. The summed E-state index contributed by atoms with van der Waals surface area (Å²) in [6.07, 6.45) is 5.24. The molecule has 1 aromatic heterocycles. The highest BCUT2D eigenvalue weighted by Gasteiger charge is 2.04. The molecule has 3 heteroatoms. The molecule has 13 heavy (non-hydrogen) atoms. The van der Waals surface area contributed by atoms with Gasteiger partial charge in [-0.05, 0) is 12.8 Å². The fourth-order valence-corrected chi connectivity index (χ4v) is 1.38. The van der Waals surface area contributed by atoms with Gasteiger partial charge in [-0.25, -0.2) is 0 Å². The summed E-state index contributed by atoms with van der Waals surface area (Å²) in [7, 11) is 0. The number of rotatable bonds is 6. The lowest BCUT2D eigenvalue weighted by atomic mass is 10.1. The van der Waals surface area contributed by atoms with Crippen molar-refractivity contribution in [3.63, 3.8) is 0 Å². The molecule has 1 unspecified atom stereocenters. The van der Waals surface area contributed by atoms with Crippen LogP contribution < -0.4 is 5.32 Å². The molecule has 0 aliphatic carbocycles. The van der Waals surface area contributed by atoms with Gasteiger partial charge in [0.2, 0.25) is 0 Å². The van der Waals surface area contributed by atoms with Crippen LogP contribution >= 0.6 is 0 Å². The van der Waals surface area contributed by atoms with Crippen LogP contribution in [0.5, 0.6) is 0 Å². The van der Waals surface area contributed by atoms with Gasteiger partial charge >= 0.3 is 0 Å². The highest BCUT2D eigenvalue weighted by molar-refractivity contribution is 4.94. The van der Waals surface area contributed by atoms with E-state index in [1.54, 1.807) is 6.26 Å². The van der Waals surface area contributed by atoms with Crippen molar-refractivity contribution in [1.82, 2.24) is 10.5 Å². The Morgan fingerprint density at radius 3 is 2.92 bits per heavy atom. The van der Waals surface area contributed by atoms with E-state index in [0.717, 1.165) is 12.2 Å². The van der Waals surface area contributed by atoms with Crippen LogP contribution in [0.2, 0.25) is 0 Å². The summed E-state index contributed by atoms with van der Waals surface area (Å²) in [5, 5.41) is 7.30. The maximum atomic E-state index is 4.75. The summed E-state index contributed by atoms with van der Waals surface area (Å²) >= 11 is 0. The molecule has 0 bridgehead atoms. The standard InChI is InChI=1S/C10H18N2O/c1-3-5-9(4-2)11-8-10-6-7-13-12-10/h6-7,9,11H,3-5,8H2,1-2H3. The average molecular weight is 182 g/mol. The van der Waals surface area contributed by atoms with Gasteiger partial charge in [-0.3, -0.25) is 0 Å². The Kier molecular flexibility index (Phi) is 4.54. The Labute approximate surface area is 79.5 Å². The highest BCUT2D eigenvalue weighted by atomic mass is 16.5. The second-order valence-corrected chi connectivity index (χ2v) is 3.27. The predicted octanol–water partition coefficient (Wildman–Crippen LogP) is 2.34. The fraction of sp³-hybridized carbons (Fsp3) is 0.700. The molecular formula is C10H18N2O. The largest absolute Gasteiger partial charge is 0.364 e. The van der Waals surface area contributed by atoms with Crippen LogP contribution in [-0.2, 0) is 6.54 Å². The van der Waals surface area contributed by atoms with Crippen molar-refractivity contribution in [1.29, 1.82) is 0 Å². The summed E-state index contributed by atoms with van der Waals surface area (Å²) in [4.78, 5) is 0. The summed E-state index contributed by atoms with van der Waals surface area (Å²) in [5.41, 5.74) is 0.981. The minimum absolute atomic E-state index is 0.613. The smallest absolute Gasteiger partial charge is 0.124 e. The summed E-state index contributed by atoms with van der Waals surface area (Å²) in [6.45, 7) is 5.23. The van der Waals surface area contributed by atoms with Crippen LogP contribution in [0.15, 0.2) is 16.9 Å². The van der Waals surface area contributed by atoms with Gasteiger partial charge in [0.1, 0.15) is 6.26 Å². The minimum Gasteiger partial charge on any atom is -0.364 e. The average Bonchev–Trinajstić information content (AvgIpc) is 2.64. The second kappa shape index (κ2) is 5.75. The number of nitrogens with zero attached hydrogens (tertiary/aromatic N) is 1. The zero-order valence-electron chi connectivity index (χ0n) is 8.42. The number of aromatic nitrogens is 1. The summed E-state index contributed by atoms with van der Waals surface area (Å²) in [5.74, 6) is 0. The Morgan fingerprint density at radius 2 is 2.38 bits per heavy atom. The lowest BCUT2D eigenvalue weighted by Crippen LogP contribution is -2.27. The molecule has 0 aromatic carbocycles. The number of nitrogens with one attached hydrogen (secondary N) is 1. The summed E-state index contributed by atoms with van der Waals surface area (Å²) < 4.78 is 4.75. The molecule has 0 spiro atoms. The zero-order chi connectivity index (χ0) is 9.52. The van der Waals surface area contributed by atoms with Gasteiger partial charge in [0.05, 0.1) is 5.69 Å². The van der Waals surface area contributed by atoms with E-state index in [4.69, 9.17) is 4.52 Å². The number of hydrogen-bond donors (Lipinski definition) is 1. The molecule has 0 aliphatic heterocycles. The Bertz CT molecular complexity index is 209. The van der Waals surface area contributed by atoms with E-state index >= 15 is 0 Å². The maximum absolute atomic E-state index is 4.75. The second-order valence-electron chi connectivity index (χ2n) is 3.27. The van der Waals surface area contributed by atoms with E-state index < -0.39 is 0 Å². The lowest BCUT2D eigenvalue weighted by Gasteiger charge is -2.14. The third kappa shape index (κ3) is 3.59. The van der Waals surface area contributed by atoms with E-state index in [2.05, 4.69) is 24.3 Å². The highest BCUT2D eigenvalue weighted by Crippen LogP contribution is 2.02. The van der Waals surface area contributed by atoms with E-state index in [0.29, 0.717) is 6.04 Å². The van der Waals surface area contributed by atoms with E-state index in [-0.39, 0.29) is 0 Å². The normalized spacial score (nSPS) is 13.1. The summed E-state index contributed by atoms with van der Waals surface area (Å²) in [6, 6.07) is 2.51. The maximum Gasteiger partial charge on any atom is 0.124 e. The predicted molar refractivity (Wildman–Crippen MR) is 52.3 cm³/mol.